The van der Waals surface area contributed by atoms with Gasteiger partial charge in [-0.1, -0.05) is 55.8 Å². The molecule has 27 heavy (non-hydrogen) atoms. The summed E-state index contributed by atoms with van der Waals surface area (Å²) in [5, 5.41) is 0. The Morgan fingerprint density at radius 2 is 1.33 bits per heavy atom. The van der Waals surface area contributed by atoms with Gasteiger partial charge < -0.3 is 9.47 Å². The minimum atomic E-state index is 0.701. The second kappa shape index (κ2) is 11.0. The Morgan fingerprint density at radius 3 is 2.00 bits per heavy atom. The van der Waals surface area contributed by atoms with E-state index >= 15 is 0 Å². The first-order chi connectivity index (χ1) is 13.3. The lowest BCUT2D eigenvalue weighted by atomic mass is 10.2. The van der Waals surface area contributed by atoms with Crippen LogP contribution in [0.2, 0.25) is 0 Å². The minimum Gasteiger partial charge on any atom is -0.490 e. The highest BCUT2D eigenvalue weighted by atomic mass is 16.5. The van der Waals surface area contributed by atoms with Crippen LogP contribution < -0.4 is 9.47 Å². The van der Waals surface area contributed by atoms with Gasteiger partial charge in [0, 0.05) is 39.3 Å². The van der Waals surface area contributed by atoms with E-state index in [1.165, 1.54) is 5.56 Å². The average Bonchev–Trinajstić information content (AvgIpc) is 2.71. The van der Waals surface area contributed by atoms with Gasteiger partial charge in [0.2, 0.25) is 0 Å². The van der Waals surface area contributed by atoms with Crippen LogP contribution in [0.15, 0.2) is 54.6 Å². The molecule has 0 N–H and O–H groups in total. The Kier molecular flexibility index (Phi) is 8.00. The van der Waals surface area contributed by atoms with Crippen molar-refractivity contribution < 1.29 is 9.47 Å². The number of nitrogens with zero attached hydrogens (tertiary/aromatic N) is 2. The molecule has 0 radical (unpaired) electrons. The maximum absolute atomic E-state index is 6.01. The monoisotopic (exact) mass is 368 g/mol. The Labute approximate surface area is 163 Å². The summed E-state index contributed by atoms with van der Waals surface area (Å²) in [7, 11) is 0. The van der Waals surface area contributed by atoms with Crippen LogP contribution in [-0.2, 0) is 6.54 Å². The number of piperazine rings is 1. The van der Waals surface area contributed by atoms with Crippen LogP contribution >= 0.6 is 0 Å². The summed E-state index contributed by atoms with van der Waals surface area (Å²) in [6.45, 7) is 10.1. The Hall–Kier alpha value is -2.04. The molecule has 0 aliphatic carbocycles. The third-order valence-corrected chi connectivity index (χ3v) is 4.98. The first-order valence-corrected chi connectivity index (χ1v) is 10.2. The number of ether oxygens (including phenoxy) is 2. The molecule has 1 fully saturated rings. The molecule has 0 saturated carbocycles. The van der Waals surface area contributed by atoms with E-state index in [9.17, 15) is 0 Å². The Balaban J connectivity index is 1.37. The van der Waals surface area contributed by atoms with Crippen molar-refractivity contribution in [3.8, 4) is 11.5 Å². The molecule has 3 rings (SSSR count). The number of hydrogen-bond acceptors (Lipinski definition) is 4. The molecular weight excluding hydrogens is 336 g/mol. The minimum absolute atomic E-state index is 0.701. The van der Waals surface area contributed by atoms with E-state index in [0.29, 0.717) is 6.61 Å². The third kappa shape index (κ3) is 6.56. The summed E-state index contributed by atoms with van der Waals surface area (Å²) in [6.07, 6.45) is 2.21. The largest absolute Gasteiger partial charge is 0.490 e. The van der Waals surface area contributed by atoms with Crippen LogP contribution in [0.5, 0.6) is 11.5 Å². The standard InChI is InChI=1S/C23H32N2O2/c1-2-3-18-26-22-11-7-8-12-23(22)27-19-17-24-13-15-25(16-14-24)20-21-9-5-4-6-10-21/h4-12H,2-3,13-20H2,1H3. The molecule has 2 aromatic carbocycles. The second-order valence-corrected chi connectivity index (χ2v) is 7.10. The highest BCUT2D eigenvalue weighted by Crippen LogP contribution is 2.26. The normalized spacial score (nSPS) is 15.6. The van der Waals surface area contributed by atoms with Crippen LogP contribution in [0.25, 0.3) is 0 Å². The summed E-state index contributed by atoms with van der Waals surface area (Å²) >= 11 is 0. The van der Waals surface area contributed by atoms with E-state index in [4.69, 9.17) is 9.47 Å². The highest BCUT2D eigenvalue weighted by molar-refractivity contribution is 5.39. The van der Waals surface area contributed by atoms with Gasteiger partial charge in [-0.25, -0.2) is 0 Å². The van der Waals surface area contributed by atoms with Gasteiger partial charge in [-0.15, -0.1) is 0 Å². The van der Waals surface area contributed by atoms with Gasteiger partial charge in [0.25, 0.3) is 0 Å². The van der Waals surface area contributed by atoms with Crippen molar-refractivity contribution in [3.05, 3.63) is 60.2 Å². The molecular formula is C23H32N2O2. The fraction of sp³-hybridized carbons (Fsp3) is 0.478. The zero-order chi connectivity index (χ0) is 18.7. The molecule has 0 spiro atoms. The van der Waals surface area contributed by atoms with Crippen molar-refractivity contribution in [2.45, 2.75) is 26.3 Å². The van der Waals surface area contributed by atoms with Gasteiger partial charge in [0.05, 0.1) is 6.61 Å². The lowest BCUT2D eigenvalue weighted by Crippen LogP contribution is -2.47. The fourth-order valence-electron chi connectivity index (χ4n) is 3.31. The Morgan fingerprint density at radius 1 is 0.741 bits per heavy atom. The second-order valence-electron chi connectivity index (χ2n) is 7.10. The van der Waals surface area contributed by atoms with Crippen molar-refractivity contribution in [1.29, 1.82) is 0 Å². The molecule has 0 amide bonds. The quantitative estimate of drug-likeness (QED) is 0.591. The molecule has 4 heteroatoms. The van der Waals surface area contributed by atoms with Crippen LogP contribution in [0.1, 0.15) is 25.3 Å². The van der Waals surface area contributed by atoms with Crippen molar-refractivity contribution in [2.24, 2.45) is 0 Å². The van der Waals surface area contributed by atoms with Crippen molar-refractivity contribution in [1.82, 2.24) is 9.80 Å². The molecule has 0 bridgehead atoms. The predicted octanol–water partition coefficient (Wildman–Crippen LogP) is 4.06. The van der Waals surface area contributed by atoms with Crippen molar-refractivity contribution >= 4 is 0 Å². The zero-order valence-corrected chi connectivity index (χ0v) is 16.5. The maximum Gasteiger partial charge on any atom is 0.161 e. The number of hydrogen-bond donors (Lipinski definition) is 0. The molecule has 146 valence electrons. The van der Waals surface area contributed by atoms with Gasteiger partial charge in [-0.2, -0.15) is 0 Å². The van der Waals surface area contributed by atoms with E-state index in [1.807, 2.05) is 24.3 Å². The zero-order valence-electron chi connectivity index (χ0n) is 16.5. The molecule has 4 nitrogen and oxygen atoms in total. The first-order valence-electron chi connectivity index (χ1n) is 10.2. The van der Waals surface area contributed by atoms with Crippen LogP contribution in [-0.4, -0.2) is 55.7 Å². The molecule has 1 aliphatic heterocycles. The molecule has 0 unspecified atom stereocenters. The topological polar surface area (TPSA) is 24.9 Å². The van der Waals surface area contributed by atoms with E-state index in [-0.39, 0.29) is 0 Å². The maximum atomic E-state index is 6.01. The number of rotatable bonds is 10. The van der Waals surface area contributed by atoms with Crippen LogP contribution in [0.3, 0.4) is 0 Å². The lowest BCUT2D eigenvalue weighted by Gasteiger charge is -2.34. The highest BCUT2D eigenvalue weighted by Gasteiger charge is 2.17. The van der Waals surface area contributed by atoms with E-state index in [0.717, 1.165) is 70.2 Å². The van der Waals surface area contributed by atoms with Crippen LogP contribution in [0, 0.1) is 0 Å². The molecule has 1 heterocycles. The van der Waals surface area contributed by atoms with E-state index in [2.05, 4.69) is 47.1 Å². The van der Waals surface area contributed by atoms with Crippen LogP contribution in [0.4, 0.5) is 0 Å². The van der Waals surface area contributed by atoms with Crippen molar-refractivity contribution in [2.75, 3.05) is 45.9 Å². The molecule has 2 aromatic rings. The van der Waals surface area contributed by atoms with E-state index in [1.54, 1.807) is 0 Å². The Bertz CT molecular complexity index is 654. The summed E-state index contributed by atoms with van der Waals surface area (Å²) in [6, 6.07) is 18.7. The summed E-state index contributed by atoms with van der Waals surface area (Å²) in [5.41, 5.74) is 1.40. The smallest absolute Gasteiger partial charge is 0.161 e. The molecule has 1 saturated heterocycles. The van der Waals surface area contributed by atoms with Gasteiger partial charge in [0.1, 0.15) is 6.61 Å². The summed E-state index contributed by atoms with van der Waals surface area (Å²) in [4.78, 5) is 5.02. The third-order valence-electron chi connectivity index (χ3n) is 4.98. The number of benzene rings is 2. The first kappa shape index (κ1) is 19.7. The van der Waals surface area contributed by atoms with Gasteiger partial charge in [0.15, 0.2) is 11.5 Å². The number of unbranched alkanes of at least 4 members (excludes halogenated alkanes) is 1. The van der Waals surface area contributed by atoms with E-state index < -0.39 is 0 Å². The molecule has 0 atom stereocenters. The fourth-order valence-corrected chi connectivity index (χ4v) is 3.31. The van der Waals surface area contributed by atoms with Gasteiger partial charge in [-0.05, 0) is 24.1 Å². The van der Waals surface area contributed by atoms with Gasteiger partial charge >= 0.3 is 0 Å². The number of para-hydroxylation sites is 2. The molecule has 0 aromatic heterocycles. The summed E-state index contributed by atoms with van der Waals surface area (Å²) < 4.78 is 11.9. The summed E-state index contributed by atoms with van der Waals surface area (Å²) in [5.74, 6) is 1.72. The average molecular weight is 369 g/mol. The van der Waals surface area contributed by atoms with Crippen molar-refractivity contribution in [3.63, 3.8) is 0 Å². The predicted molar refractivity (Wildman–Crippen MR) is 110 cm³/mol. The lowest BCUT2D eigenvalue weighted by molar-refractivity contribution is 0.111. The van der Waals surface area contributed by atoms with Gasteiger partial charge in [-0.3, -0.25) is 9.80 Å². The molecule has 1 aliphatic rings. The SMILES string of the molecule is CCCCOc1ccccc1OCCN1CCN(Cc2ccccc2)CC1.